The Morgan fingerprint density at radius 3 is 2.70 bits per heavy atom. The Morgan fingerprint density at radius 1 is 1.10 bits per heavy atom. The lowest BCUT2D eigenvalue weighted by molar-refractivity contribution is -0.118. The fraction of sp³-hybridized carbons (Fsp3) is 0.0909. The van der Waals surface area contributed by atoms with Crippen molar-refractivity contribution in [2.24, 2.45) is 0 Å². The fourth-order valence-corrected chi connectivity index (χ4v) is 3.20. The van der Waals surface area contributed by atoms with Crippen LogP contribution in [-0.4, -0.2) is 17.5 Å². The highest BCUT2D eigenvalue weighted by Crippen LogP contribution is 2.31. The Kier molecular flexibility index (Phi) is 5.61. The summed E-state index contributed by atoms with van der Waals surface area (Å²) in [7, 11) is 0. The van der Waals surface area contributed by atoms with E-state index >= 15 is 0 Å². The molecule has 152 valence electrons. The summed E-state index contributed by atoms with van der Waals surface area (Å²) in [4.78, 5) is 16.6. The highest BCUT2D eigenvalue weighted by Gasteiger charge is 2.13. The van der Waals surface area contributed by atoms with Crippen molar-refractivity contribution in [1.29, 1.82) is 0 Å². The summed E-state index contributed by atoms with van der Waals surface area (Å²) < 4.78 is 24.5. The van der Waals surface area contributed by atoms with Gasteiger partial charge in [-0.25, -0.2) is 9.37 Å². The highest BCUT2D eigenvalue weighted by atomic mass is 35.5. The first-order valence-electron chi connectivity index (χ1n) is 8.94. The van der Waals surface area contributed by atoms with Crippen molar-refractivity contribution in [1.82, 2.24) is 4.98 Å². The van der Waals surface area contributed by atoms with E-state index in [1.54, 1.807) is 36.4 Å². The highest BCUT2D eigenvalue weighted by molar-refractivity contribution is 6.33. The van der Waals surface area contributed by atoms with E-state index in [-0.39, 0.29) is 23.4 Å². The van der Waals surface area contributed by atoms with Gasteiger partial charge < -0.3 is 14.5 Å². The summed E-state index contributed by atoms with van der Waals surface area (Å²) >= 11 is 12.1. The number of fused-ring (bicyclic) bond motifs is 1. The number of halogens is 3. The second-order valence-electron chi connectivity index (χ2n) is 6.57. The van der Waals surface area contributed by atoms with E-state index < -0.39 is 5.82 Å². The molecule has 0 fully saturated rings. The number of amides is 1. The minimum absolute atomic E-state index is 0.158. The number of aromatic nitrogens is 1. The number of hydrogen-bond acceptors (Lipinski definition) is 4. The predicted molar refractivity (Wildman–Crippen MR) is 115 cm³/mol. The van der Waals surface area contributed by atoms with Crippen LogP contribution in [0, 0.1) is 12.7 Å². The molecule has 0 aliphatic heterocycles. The minimum Gasteiger partial charge on any atom is -0.484 e. The minimum atomic E-state index is -0.444. The van der Waals surface area contributed by atoms with Crippen molar-refractivity contribution in [3.05, 3.63) is 76.0 Å². The molecule has 0 unspecified atom stereocenters. The lowest BCUT2D eigenvalue weighted by Gasteiger charge is -2.08. The standard InChI is InChI=1S/C22H15Cl2FN2O3/c1-12-8-15(4-6-17(12)23)29-11-21(28)26-14-3-7-20-19(10-14)27-22(30-20)16-5-2-13(25)9-18(16)24/h2-10H,11H2,1H3,(H,26,28). The molecule has 0 saturated heterocycles. The molecule has 4 rings (SSSR count). The average Bonchev–Trinajstić information content (AvgIpc) is 3.12. The summed E-state index contributed by atoms with van der Waals surface area (Å²) in [5.41, 5.74) is 2.91. The Hall–Kier alpha value is -3.09. The molecule has 0 saturated carbocycles. The smallest absolute Gasteiger partial charge is 0.262 e. The number of rotatable bonds is 5. The molecule has 0 aliphatic rings. The number of nitrogens with one attached hydrogen (secondary N) is 1. The Balaban J connectivity index is 1.46. The van der Waals surface area contributed by atoms with Crippen LogP contribution in [0.2, 0.25) is 10.0 Å². The molecule has 0 spiro atoms. The number of oxazole rings is 1. The monoisotopic (exact) mass is 444 g/mol. The first-order valence-corrected chi connectivity index (χ1v) is 9.69. The topological polar surface area (TPSA) is 64.4 Å². The van der Waals surface area contributed by atoms with Crippen molar-refractivity contribution in [2.45, 2.75) is 6.92 Å². The lowest BCUT2D eigenvalue weighted by Crippen LogP contribution is -2.20. The zero-order chi connectivity index (χ0) is 21.3. The zero-order valence-electron chi connectivity index (χ0n) is 15.7. The van der Waals surface area contributed by atoms with Gasteiger partial charge in [-0.1, -0.05) is 23.2 Å². The average molecular weight is 445 g/mol. The van der Waals surface area contributed by atoms with Gasteiger partial charge in [0.25, 0.3) is 5.91 Å². The van der Waals surface area contributed by atoms with Gasteiger partial charge in [-0.05, 0) is 67.1 Å². The number of nitrogens with zero attached hydrogens (tertiary/aromatic N) is 1. The van der Waals surface area contributed by atoms with Gasteiger partial charge in [0.1, 0.15) is 17.1 Å². The van der Waals surface area contributed by atoms with Gasteiger partial charge >= 0.3 is 0 Å². The molecule has 0 radical (unpaired) electrons. The number of benzene rings is 3. The number of hydrogen-bond donors (Lipinski definition) is 1. The molecule has 30 heavy (non-hydrogen) atoms. The maximum atomic E-state index is 13.3. The zero-order valence-corrected chi connectivity index (χ0v) is 17.2. The van der Waals surface area contributed by atoms with Gasteiger partial charge in [0.05, 0.1) is 10.6 Å². The van der Waals surface area contributed by atoms with Crippen molar-refractivity contribution in [3.63, 3.8) is 0 Å². The van der Waals surface area contributed by atoms with E-state index in [9.17, 15) is 9.18 Å². The normalized spacial score (nSPS) is 10.9. The van der Waals surface area contributed by atoms with Gasteiger partial charge in [-0.2, -0.15) is 0 Å². The van der Waals surface area contributed by atoms with Gasteiger partial charge in [0.15, 0.2) is 12.2 Å². The molecule has 3 aromatic carbocycles. The third kappa shape index (κ3) is 4.40. The molecular formula is C22H15Cl2FN2O3. The lowest BCUT2D eigenvalue weighted by atomic mass is 10.2. The third-order valence-corrected chi connectivity index (χ3v) is 5.07. The maximum absolute atomic E-state index is 13.3. The van der Waals surface area contributed by atoms with E-state index in [1.165, 1.54) is 18.2 Å². The Morgan fingerprint density at radius 2 is 1.93 bits per heavy atom. The largest absolute Gasteiger partial charge is 0.484 e. The molecule has 5 nitrogen and oxygen atoms in total. The number of carbonyl (C=O) groups excluding carboxylic acids is 1. The van der Waals surface area contributed by atoms with Crippen molar-refractivity contribution in [3.8, 4) is 17.2 Å². The van der Waals surface area contributed by atoms with E-state index in [2.05, 4.69) is 10.3 Å². The van der Waals surface area contributed by atoms with Crippen LogP contribution >= 0.6 is 23.2 Å². The van der Waals surface area contributed by atoms with Crippen LogP contribution in [0.3, 0.4) is 0 Å². The molecule has 4 aromatic rings. The second kappa shape index (κ2) is 8.34. The van der Waals surface area contributed by atoms with E-state index in [4.69, 9.17) is 32.4 Å². The van der Waals surface area contributed by atoms with Crippen LogP contribution in [0.25, 0.3) is 22.6 Å². The van der Waals surface area contributed by atoms with Crippen LogP contribution in [-0.2, 0) is 4.79 Å². The van der Waals surface area contributed by atoms with Gasteiger partial charge in [0, 0.05) is 10.7 Å². The molecule has 1 aromatic heterocycles. The maximum Gasteiger partial charge on any atom is 0.262 e. The SMILES string of the molecule is Cc1cc(OCC(=O)Nc2ccc3oc(-c4ccc(F)cc4Cl)nc3c2)ccc1Cl. The molecule has 0 aliphatic carbocycles. The summed E-state index contributed by atoms with van der Waals surface area (Å²) in [6, 6.07) is 14.2. The first-order chi connectivity index (χ1) is 14.4. The summed E-state index contributed by atoms with van der Waals surface area (Å²) in [5.74, 6) is 0.0489. The van der Waals surface area contributed by atoms with Crippen molar-refractivity contribution >= 4 is 45.9 Å². The molecule has 0 bridgehead atoms. The summed E-state index contributed by atoms with van der Waals surface area (Å²) in [6.07, 6.45) is 0. The van der Waals surface area contributed by atoms with Crippen LogP contribution in [0.4, 0.5) is 10.1 Å². The first kappa shape index (κ1) is 20.2. The van der Waals surface area contributed by atoms with Crippen LogP contribution in [0.15, 0.2) is 59.0 Å². The third-order valence-electron chi connectivity index (χ3n) is 4.33. The van der Waals surface area contributed by atoms with Crippen LogP contribution in [0.1, 0.15) is 5.56 Å². The number of carbonyl (C=O) groups is 1. The predicted octanol–water partition coefficient (Wildman–Crippen LogP) is 6.27. The van der Waals surface area contributed by atoms with Gasteiger partial charge in [0.2, 0.25) is 5.89 Å². The van der Waals surface area contributed by atoms with Crippen molar-refractivity contribution < 1.29 is 18.3 Å². The summed E-state index contributed by atoms with van der Waals surface area (Å²) in [6.45, 7) is 1.70. The molecule has 8 heteroatoms. The van der Waals surface area contributed by atoms with Crippen LogP contribution < -0.4 is 10.1 Å². The molecule has 0 atom stereocenters. The number of ether oxygens (including phenoxy) is 1. The fourth-order valence-electron chi connectivity index (χ4n) is 2.84. The second-order valence-corrected chi connectivity index (χ2v) is 7.39. The molecular weight excluding hydrogens is 430 g/mol. The van der Waals surface area contributed by atoms with E-state index in [1.807, 2.05) is 6.92 Å². The Labute approximate surface area is 181 Å². The number of anilines is 1. The number of aryl methyl sites for hydroxylation is 1. The molecule has 1 heterocycles. The van der Waals surface area contributed by atoms with E-state index in [0.29, 0.717) is 33.1 Å². The molecule has 1 amide bonds. The Bertz CT molecular complexity index is 1260. The summed E-state index contributed by atoms with van der Waals surface area (Å²) in [5, 5.41) is 3.58. The van der Waals surface area contributed by atoms with E-state index in [0.717, 1.165) is 5.56 Å². The van der Waals surface area contributed by atoms with Crippen LogP contribution in [0.5, 0.6) is 5.75 Å². The quantitative estimate of drug-likeness (QED) is 0.394. The van der Waals surface area contributed by atoms with Gasteiger partial charge in [-0.15, -0.1) is 0 Å². The van der Waals surface area contributed by atoms with Gasteiger partial charge in [-0.3, -0.25) is 4.79 Å². The molecule has 1 N–H and O–H groups in total. The van der Waals surface area contributed by atoms with Crippen molar-refractivity contribution in [2.75, 3.05) is 11.9 Å².